The number of fused-ring (bicyclic) bond motifs is 1. The monoisotopic (exact) mass is 368 g/mol. The van der Waals surface area contributed by atoms with Crippen molar-refractivity contribution >= 4 is 15.7 Å². The summed E-state index contributed by atoms with van der Waals surface area (Å²) in [6.45, 7) is 5.71. The van der Waals surface area contributed by atoms with Crippen molar-refractivity contribution in [2.24, 2.45) is 0 Å². The molecule has 0 aromatic carbocycles. The summed E-state index contributed by atoms with van der Waals surface area (Å²) in [7, 11) is -2.97. The summed E-state index contributed by atoms with van der Waals surface area (Å²) in [4.78, 5) is 19.1. The lowest BCUT2D eigenvalue weighted by Gasteiger charge is -2.33. The molecular formula is C17H28N4O3S. The number of hydrogen-bond donors (Lipinski definition) is 1. The van der Waals surface area contributed by atoms with Crippen molar-refractivity contribution in [2.45, 2.75) is 58.2 Å². The molecule has 0 radical (unpaired) electrons. The molecule has 0 bridgehead atoms. The maximum atomic E-state index is 12.4. The molecular weight excluding hydrogens is 340 g/mol. The van der Waals surface area contributed by atoms with Gasteiger partial charge >= 0.3 is 0 Å². The van der Waals surface area contributed by atoms with Gasteiger partial charge in [0, 0.05) is 37.6 Å². The van der Waals surface area contributed by atoms with Gasteiger partial charge in [0.1, 0.15) is 11.5 Å². The van der Waals surface area contributed by atoms with Crippen LogP contribution < -0.4 is 5.32 Å². The number of nitrogens with one attached hydrogen (secondary N) is 1. The van der Waals surface area contributed by atoms with E-state index in [1.807, 2.05) is 17.7 Å². The molecule has 0 spiro atoms. The Hall–Kier alpha value is -1.41. The molecule has 1 saturated carbocycles. The number of sulfone groups is 1. The van der Waals surface area contributed by atoms with Gasteiger partial charge in [-0.05, 0) is 19.8 Å². The van der Waals surface area contributed by atoms with Crippen molar-refractivity contribution in [1.29, 1.82) is 0 Å². The Bertz CT molecular complexity index is 722. The SMILES string of the molecule is CCS(=O)(=O)CCN1CCn2cc(C(=O)NC3CCCC3)nc2C1C. The van der Waals surface area contributed by atoms with Crippen LogP contribution in [0.25, 0.3) is 0 Å². The average molecular weight is 369 g/mol. The fourth-order valence-corrected chi connectivity index (χ4v) is 4.48. The average Bonchev–Trinajstić information content (AvgIpc) is 3.24. The summed E-state index contributed by atoms with van der Waals surface area (Å²) >= 11 is 0. The molecule has 7 nitrogen and oxygen atoms in total. The van der Waals surface area contributed by atoms with E-state index in [1.54, 1.807) is 6.92 Å². The van der Waals surface area contributed by atoms with Crippen LogP contribution >= 0.6 is 0 Å². The predicted molar refractivity (Wildman–Crippen MR) is 96.3 cm³/mol. The fourth-order valence-electron chi connectivity index (χ4n) is 3.68. The Morgan fingerprint density at radius 1 is 1.32 bits per heavy atom. The van der Waals surface area contributed by atoms with E-state index in [4.69, 9.17) is 0 Å². The molecule has 140 valence electrons. The van der Waals surface area contributed by atoms with E-state index in [9.17, 15) is 13.2 Å². The highest BCUT2D eigenvalue weighted by molar-refractivity contribution is 7.91. The third-order valence-electron chi connectivity index (χ3n) is 5.41. The first-order valence-corrected chi connectivity index (χ1v) is 11.0. The van der Waals surface area contributed by atoms with Crippen LogP contribution in [0.1, 0.15) is 61.9 Å². The molecule has 1 aromatic rings. The number of rotatable bonds is 6. The highest BCUT2D eigenvalue weighted by Crippen LogP contribution is 2.25. The molecule has 1 amide bonds. The van der Waals surface area contributed by atoms with Crippen molar-refractivity contribution in [3.05, 3.63) is 17.7 Å². The van der Waals surface area contributed by atoms with Gasteiger partial charge < -0.3 is 9.88 Å². The number of aromatic nitrogens is 2. The van der Waals surface area contributed by atoms with Crippen LogP contribution in [-0.4, -0.2) is 59.4 Å². The van der Waals surface area contributed by atoms with Crippen LogP contribution in [0.15, 0.2) is 6.20 Å². The van der Waals surface area contributed by atoms with Gasteiger partial charge in [0.25, 0.3) is 5.91 Å². The zero-order valence-electron chi connectivity index (χ0n) is 15.1. The standard InChI is InChI=1S/C17H28N4O3S/c1-3-25(23,24)11-10-20-8-9-21-12-15(19-16(21)13(20)2)17(22)18-14-6-4-5-7-14/h12-14H,3-11H2,1-2H3,(H,18,22). The van der Waals surface area contributed by atoms with Gasteiger partial charge in [0.2, 0.25) is 0 Å². The molecule has 1 aromatic heterocycles. The van der Waals surface area contributed by atoms with Crippen molar-refractivity contribution in [3.63, 3.8) is 0 Å². The maximum Gasteiger partial charge on any atom is 0.271 e. The quantitative estimate of drug-likeness (QED) is 0.820. The van der Waals surface area contributed by atoms with Gasteiger partial charge in [0.05, 0.1) is 11.8 Å². The highest BCUT2D eigenvalue weighted by Gasteiger charge is 2.29. The number of carbonyl (C=O) groups excluding carboxylic acids is 1. The molecule has 1 N–H and O–H groups in total. The van der Waals surface area contributed by atoms with Crippen LogP contribution in [0, 0.1) is 0 Å². The van der Waals surface area contributed by atoms with Crippen LogP contribution in [0.3, 0.4) is 0 Å². The van der Waals surface area contributed by atoms with Gasteiger partial charge in [0.15, 0.2) is 9.84 Å². The van der Waals surface area contributed by atoms with E-state index >= 15 is 0 Å². The second-order valence-corrected chi connectivity index (χ2v) is 9.55. The Morgan fingerprint density at radius 3 is 2.72 bits per heavy atom. The minimum atomic E-state index is -2.97. The molecule has 1 unspecified atom stereocenters. The van der Waals surface area contributed by atoms with Crippen LogP contribution in [-0.2, 0) is 16.4 Å². The molecule has 8 heteroatoms. The molecule has 3 rings (SSSR count). The first-order chi connectivity index (χ1) is 11.9. The third-order valence-corrected chi connectivity index (χ3v) is 7.09. The lowest BCUT2D eigenvalue weighted by molar-refractivity contribution is 0.0933. The molecule has 1 fully saturated rings. The molecule has 1 aliphatic carbocycles. The number of carbonyl (C=O) groups is 1. The fraction of sp³-hybridized carbons (Fsp3) is 0.765. The number of amides is 1. The maximum absolute atomic E-state index is 12.4. The Kier molecular flexibility index (Phi) is 5.48. The van der Waals surface area contributed by atoms with Crippen LogP contribution in [0.2, 0.25) is 0 Å². The predicted octanol–water partition coefficient (Wildman–Crippen LogP) is 1.37. The van der Waals surface area contributed by atoms with E-state index in [0.717, 1.165) is 31.8 Å². The lowest BCUT2D eigenvalue weighted by Crippen LogP contribution is -2.39. The highest BCUT2D eigenvalue weighted by atomic mass is 32.2. The van der Waals surface area contributed by atoms with Gasteiger partial charge in [-0.2, -0.15) is 0 Å². The van der Waals surface area contributed by atoms with E-state index in [1.165, 1.54) is 12.8 Å². The first kappa shape index (κ1) is 18.4. The minimum Gasteiger partial charge on any atom is -0.348 e. The van der Waals surface area contributed by atoms with Gasteiger partial charge in [-0.1, -0.05) is 19.8 Å². The number of nitrogens with zero attached hydrogens (tertiary/aromatic N) is 3. The summed E-state index contributed by atoms with van der Waals surface area (Å²) in [5.74, 6) is 1.09. The Balaban J connectivity index is 1.66. The smallest absolute Gasteiger partial charge is 0.271 e. The summed E-state index contributed by atoms with van der Waals surface area (Å²) in [5, 5.41) is 3.08. The van der Waals surface area contributed by atoms with Crippen molar-refractivity contribution in [1.82, 2.24) is 19.8 Å². The summed E-state index contributed by atoms with van der Waals surface area (Å²) < 4.78 is 25.5. The van der Waals surface area contributed by atoms with Gasteiger partial charge in [-0.25, -0.2) is 13.4 Å². The second-order valence-electron chi connectivity index (χ2n) is 7.08. The van der Waals surface area contributed by atoms with Crippen LogP contribution in [0.4, 0.5) is 0 Å². The van der Waals surface area contributed by atoms with Gasteiger partial charge in [-0.3, -0.25) is 9.69 Å². The number of hydrogen-bond acceptors (Lipinski definition) is 5. The van der Waals surface area contributed by atoms with Crippen molar-refractivity contribution in [2.75, 3.05) is 24.6 Å². The van der Waals surface area contributed by atoms with Crippen LogP contribution in [0.5, 0.6) is 0 Å². The summed E-state index contributed by atoms with van der Waals surface area (Å²) in [6.07, 6.45) is 6.29. The zero-order chi connectivity index (χ0) is 18.0. The summed E-state index contributed by atoms with van der Waals surface area (Å²) in [6, 6.07) is 0.285. The molecule has 1 atom stereocenters. The van der Waals surface area contributed by atoms with E-state index in [0.29, 0.717) is 12.2 Å². The normalized spacial score (nSPS) is 22.1. The molecule has 25 heavy (non-hydrogen) atoms. The van der Waals surface area contributed by atoms with E-state index in [-0.39, 0.29) is 29.5 Å². The molecule has 2 aliphatic rings. The van der Waals surface area contributed by atoms with E-state index < -0.39 is 9.84 Å². The molecule has 2 heterocycles. The number of imidazole rings is 1. The largest absolute Gasteiger partial charge is 0.348 e. The lowest BCUT2D eigenvalue weighted by atomic mass is 10.2. The van der Waals surface area contributed by atoms with Crippen molar-refractivity contribution in [3.8, 4) is 0 Å². The molecule has 1 aliphatic heterocycles. The molecule has 0 saturated heterocycles. The topological polar surface area (TPSA) is 84.3 Å². The minimum absolute atomic E-state index is 0.00818. The van der Waals surface area contributed by atoms with Crippen molar-refractivity contribution < 1.29 is 13.2 Å². The van der Waals surface area contributed by atoms with Gasteiger partial charge in [-0.15, -0.1) is 0 Å². The second kappa shape index (κ2) is 7.45. The zero-order valence-corrected chi connectivity index (χ0v) is 15.9. The Labute approximate surface area is 149 Å². The summed E-state index contributed by atoms with van der Waals surface area (Å²) in [5.41, 5.74) is 0.469. The first-order valence-electron chi connectivity index (χ1n) is 9.22. The Morgan fingerprint density at radius 2 is 2.04 bits per heavy atom. The third kappa shape index (κ3) is 4.23. The van der Waals surface area contributed by atoms with E-state index in [2.05, 4.69) is 15.2 Å².